The molecular weight excluding hydrogens is 352 g/mol. The maximum Gasteiger partial charge on any atom is 0.305 e. The highest BCUT2D eigenvalue weighted by molar-refractivity contribution is 5.69. The summed E-state index contributed by atoms with van der Waals surface area (Å²) in [5.74, 6) is -0.675. The average Bonchev–Trinajstić information content (AvgIpc) is 3.02. The van der Waals surface area contributed by atoms with Crippen molar-refractivity contribution < 1.29 is 19.0 Å². The third-order valence-electron chi connectivity index (χ3n) is 5.14. The Morgan fingerprint density at radius 3 is 2.07 bits per heavy atom. The van der Waals surface area contributed by atoms with Crippen molar-refractivity contribution in [2.75, 3.05) is 13.2 Å². The van der Waals surface area contributed by atoms with E-state index in [1.54, 1.807) is 0 Å². The molecule has 4 nitrogen and oxygen atoms in total. The van der Waals surface area contributed by atoms with E-state index >= 15 is 0 Å². The fourth-order valence-corrected chi connectivity index (χ4v) is 3.44. The quantitative estimate of drug-likeness (QED) is 0.155. The van der Waals surface area contributed by atoms with Crippen LogP contribution in [-0.2, 0) is 19.0 Å². The van der Waals surface area contributed by atoms with Gasteiger partial charge in [-0.2, -0.15) is 0 Å². The van der Waals surface area contributed by atoms with Crippen molar-refractivity contribution in [3.8, 4) is 0 Å². The molecule has 0 saturated carbocycles. The molecule has 28 heavy (non-hydrogen) atoms. The summed E-state index contributed by atoms with van der Waals surface area (Å²) in [6.07, 6.45) is 21.5. The van der Waals surface area contributed by atoms with E-state index in [4.69, 9.17) is 14.2 Å². The van der Waals surface area contributed by atoms with Gasteiger partial charge in [0.2, 0.25) is 0 Å². The molecule has 1 saturated heterocycles. The topological polar surface area (TPSA) is 44.8 Å². The fourth-order valence-electron chi connectivity index (χ4n) is 3.44. The largest absolute Gasteiger partial charge is 0.463 e. The number of carbonyl (C=O) groups is 1. The molecule has 1 fully saturated rings. The van der Waals surface area contributed by atoms with Crippen LogP contribution in [0.1, 0.15) is 111 Å². The van der Waals surface area contributed by atoms with E-state index in [0.717, 1.165) is 12.8 Å². The maximum absolute atomic E-state index is 11.8. The monoisotopic (exact) mass is 396 g/mol. The van der Waals surface area contributed by atoms with Crippen molar-refractivity contribution in [1.82, 2.24) is 0 Å². The van der Waals surface area contributed by atoms with Crippen molar-refractivity contribution in [3.05, 3.63) is 12.2 Å². The second kappa shape index (κ2) is 16.0. The molecule has 0 amide bonds. The standard InChI is InChI=1S/C24H44O4/c1-4-5-6-7-8-9-10-11-12-13-14-15-16-17-18-19-23(25)26-20-22-21-27-24(2,3)28-22/h11-12,22H,4-10,13-21H2,1-3H3/b12-11+/t22-/m0/s1. The highest BCUT2D eigenvalue weighted by Crippen LogP contribution is 2.22. The van der Waals surface area contributed by atoms with Gasteiger partial charge in [-0.05, 0) is 46.0 Å². The lowest BCUT2D eigenvalue weighted by atomic mass is 10.1. The Morgan fingerprint density at radius 2 is 1.50 bits per heavy atom. The highest BCUT2D eigenvalue weighted by Gasteiger charge is 2.33. The van der Waals surface area contributed by atoms with Crippen LogP contribution in [0.3, 0.4) is 0 Å². The van der Waals surface area contributed by atoms with Gasteiger partial charge in [0.1, 0.15) is 12.7 Å². The van der Waals surface area contributed by atoms with Crippen LogP contribution in [-0.4, -0.2) is 31.1 Å². The van der Waals surface area contributed by atoms with Gasteiger partial charge in [-0.15, -0.1) is 0 Å². The molecule has 1 heterocycles. The van der Waals surface area contributed by atoms with E-state index in [1.165, 1.54) is 70.6 Å². The van der Waals surface area contributed by atoms with Gasteiger partial charge in [0.25, 0.3) is 0 Å². The zero-order chi connectivity index (χ0) is 20.5. The summed E-state index contributed by atoms with van der Waals surface area (Å²) in [7, 11) is 0. The van der Waals surface area contributed by atoms with Gasteiger partial charge >= 0.3 is 5.97 Å². The molecule has 0 aromatic rings. The molecule has 0 radical (unpaired) electrons. The lowest BCUT2D eigenvalue weighted by molar-refractivity contribution is -0.158. The van der Waals surface area contributed by atoms with Crippen molar-refractivity contribution in [2.45, 2.75) is 123 Å². The van der Waals surface area contributed by atoms with Crippen LogP contribution in [0.25, 0.3) is 0 Å². The number of unbranched alkanes of at least 4 members (excludes halogenated alkanes) is 11. The number of rotatable bonds is 17. The number of ether oxygens (including phenoxy) is 3. The molecule has 0 aliphatic carbocycles. The van der Waals surface area contributed by atoms with E-state index in [2.05, 4.69) is 19.1 Å². The molecule has 1 atom stereocenters. The molecule has 4 heteroatoms. The van der Waals surface area contributed by atoms with Crippen molar-refractivity contribution in [2.24, 2.45) is 0 Å². The van der Waals surface area contributed by atoms with Crippen molar-refractivity contribution in [3.63, 3.8) is 0 Å². The summed E-state index contributed by atoms with van der Waals surface area (Å²) >= 11 is 0. The molecule has 0 spiro atoms. The van der Waals surface area contributed by atoms with Gasteiger partial charge < -0.3 is 14.2 Å². The van der Waals surface area contributed by atoms with Crippen LogP contribution in [0.5, 0.6) is 0 Å². The lowest BCUT2D eigenvalue weighted by Crippen LogP contribution is -2.25. The van der Waals surface area contributed by atoms with Crippen LogP contribution >= 0.6 is 0 Å². The first-order valence-electron chi connectivity index (χ1n) is 11.7. The first kappa shape index (κ1) is 25.2. The third-order valence-corrected chi connectivity index (χ3v) is 5.14. The Bertz CT molecular complexity index is 417. The van der Waals surface area contributed by atoms with E-state index < -0.39 is 5.79 Å². The van der Waals surface area contributed by atoms with Gasteiger partial charge in [0.15, 0.2) is 5.79 Å². The smallest absolute Gasteiger partial charge is 0.305 e. The van der Waals surface area contributed by atoms with Gasteiger partial charge in [0, 0.05) is 6.42 Å². The van der Waals surface area contributed by atoms with Gasteiger partial charge in [-0.1, -0.05) is 70.4 Å². The molecule has 0 bridgehead atoms. The summed E-state index contributed by atoms with van der Waals surface area (Å²) < 4.78 is 16.4. The molecule has 0 aromatic carbocycles. The van der Waals surface area contributed by atoms with Gasteiger partial charge in [-0.3, -0.25) is 4.79 Å². The second-order valence-corrected chi connectivity index (χ2v) is 8.47. The summed E-state index contributed by atoms with van der Waals surface area (Å²) in [5, 5.41) is 0. The Labute approximate surface area is 173 Å². The Balaban J connectivity index is 1.81. The maximum atomic E-state index is 11.8. The lowest BCUT2D eigenvalue weighted by Gasteiger charge is -2.16. The predicted molar refractivity (Wildman–Crippen MR) is 115 cm³/mol. The number of esters is 1. The van der Waals surface area contributed by atoms with Crippen molar-refractivity contribution >= 4 is 5.97 Å². The Kier molecular flexibility index (Phi) is 14.4. The minimum Gasteiger partial charge on any atom is -0.463 e. The zero-order valence-electron chi connectivity index (χ0n) is 18.7. The average molecular weight is 397 g/mol. The van der Waals surface area contributed by atoms with E-state index in [9.17, 15) is 4.79 Å². The minimum atomic E-state index is -0.555. The molecule has 1 aliphatic heterocycles. The van der Waals surface area contributed by atoms with Gasteiger partial charge in [-0.25, -0.2) is 0 Å². The summed E-state index contributed by atoms with van der Waals surface area (Å²) in [6.45, 7) is 6.81. The van der Waals surface area contributed by atoms with E-state index in [1.807, 2.05) is 13.8 Å². The number of hydrogen-bond donors (Lipinski definition) is 0. The predicted octanol–water partition coefficient (Wildman–Crippen LogP) is 6.72. The first-order chi connectivity index (χ1) is 13.5. The molecule has 0 N–H and O–H groups in total. The fraction of sp³-hybridized carbons (Fsp3) is 0.875. The van der Waals surface area contributed by atoms with Crippen LogP contribution in [0, 0.1) is 0 Å². The Morgan fingerprint density at radius 1 is 0.929 bits per heavy atom. The van der Waals surface area contributed by atoms with Crippen LogP contribution < -0.4 is 0 Å². The number of carbonyl (C=O) groups excluding carboxylic acids is 1. The van der Waals surface area contributed by atoms with Crippen molar-refractivity contribution in [1.29, 1.82) is 0 Å². The van der Waals surface area contributed by atoms with Crippen LogP contribution in [0.2, 0.25) is 0 Å². The molecular formula is C24H44O4. The van der Waals surface area contributed by atoms with E-state index in [-0.39, 0.29) is 12.1 Å². The highest BCUT2D eigenvalue weighted by atomic mass is 16.7. The number of hydrogen-bond acceptors (Lipinski definition) is 4. The second-order valence-electron chi connectivity index (χ2n) is 8.47. The molecule has 0 aromatic heterocycles. The summed E-state index contributed by atoms with van der Waals surface area (Å²) in [4.78, 5) is 11.8. The van der Waals surface area contributed by atoms with Gasteiger partial charge in [0.05, 0.1) is 6.61 Å². The first-order valence-corrected chi connectivity index (χ1v) is 11.7. The molecule has 164 valence electrons. The summed E-state index contributed by atoms with van der Waals surface area (Å²) in [6, 6.07) is 0. The molecule has 1 aliphatic rings. The van der Waals surface area contributed by atoms with Crippen LogP contribution in [0.4, 0.5) is 0 Å². The van der Waals surface area contributed by atoms with E-state index in [0.29, 0.717) is 19.6 Å². The van der Waals surface area contributed by atoms with Crippen LogP contribution in [0.15, 0.2) is 12.2 Å². The molecule has 0 unspecified atom stereocenters. The third kappa shape index (κ3) is 14.2. The zero-order valence-corrected chi connectivity index (χ0v) is 18.7. The number of allylic oxidation sites excluding steroid dienone is 2. The molecule has 1 rings (SSSR count). The normalized spacial score (nSPS) is 18.8. The summed E-state index contributed by atoms with van der Waals surface area (Å²) in [5.41, 5.74) is 0. The SMILES string of the molecule is CCCCCCCC/C=C/CCCCCCCC(=O)OC[C@H]1COC(C)(C)O1. The Hall–Kier alpha value is -0.870. The minimum absolute atomic E-state index is 0.120.